The highest BCUT2D eigenvalue weighted by atomic mass is 16.2. The zero-order valence-electron chi connectivity index (χ0n) is 15.8. The minimum Gasteiger partial charge on any atom is -0.376 e. The number of rotatable bonds is 5. The van der Waals surface area contributed by atoms with Crippen LogP contribution in [0.5, 0.6) is 0 Å². The normalized spacial score (nSPS) is 14.3. The van der Waals surface area contributed by atoms with Crippen LogP contribution in [-0.2, 0) is 4.79 Å². The Hall–Kier alpha value is -2.82. The topological polar surface area (TPSA) is 61.4 Å². The summed E-state index contributed by atoms with van der Waals surface area (Å²) in [5.74, 6) is -0.0435. The maximum absolute atomic E-state index is 12.6. The molecule has 1 aliphatic rings. The van der Waals surface area contributed by atoms with Crippen LogP contribution < -0.4 is 10.6 Å². The van der Waals surface area contributed by atoms with Gasteiger partial charge in [0.1, 0.15) is 0 Å². The highest BCUT2D eigenvalue weighted by molar-refractivity contribution is 5.96. The second-order valence-electron chi connectivity index (χ2n) is 7.05. The van der Waals surface area contributed by atoms with E-state index in [1.165, 1.54) is 18.4 Å². The largest absolute Gasteiger partial charge is 0.376 e. The van der Waals surface area contributed by atoms with Crippen LogP contribution in [0.15, 0.2) is 48.5 Å². The van der Waals surface area contributed by atoms with Crippen LogP contribution in [0, 0.1) is 6.92 Å². The van der Waals surface area contributed by atoms with Crippen LogP contribution in [0.1, 0.15) is 41.6 Å². The van der Waals surface area contributed by atoms with Crippen molar-refractivity contribution < 1.29 is 9.59 Å². The number of nitrogens with one attached hydrogen (secondary N) is 2. The van der Waals surface area contributed by atoms with Crippen molar-refractivity contribution in [2.24, 2.45) is 0 Å². The summed E-state index contributed by atoms with van der Waals surface area (Å²) in [6.45, 7) is 3.89. The van der Waals surface area contributed by atoms with Gasteiger partial charge in [0.2, 0.25) is 5.91 Å². The summed E-state index contributed by atoms with van der Waals surface area (Å²) in [5, 5.41) is 5.95. The Labute approximate surface area is 160 Å². The number of hydrogen-bond acceptors (Lipinski definition) is 3. The van der Waals surface area contributed by atoms with E-state index in [1.807, 2.05) is 36.1 Å². The molecule has 142 valence electrons. The van der Waals surface area contributed by atoms with Gasteiger partial charge < -0.3 is 15.5 Å². The van der Waals surface area contributed by atoms with Crippen LogP contribution >= 0.6 is 0 Å². The van der Waals surface area contributed by atoms with Crippen LogP contribution in [0.4, 0.5) is 11.4 Å². The summed E-state index contributed by atoms with van der Waals surface area (Å²) in [6, 6.07) is 15.1. The smallest absolute Gasteiger partial charge is 0.253 e. The second-order valence-corrected chi connectivity index (χ2v) is 7.05. The number of benzene rings is 2. The summed E-state index contributed by atoms with van der Waals surface area (Å²) >= 11 is 0. The molecule has 3 rings (SSSR count). The maximum Gasteiger partial charge on any atom is 0.253 e. The van der Waals surface area contributed by atoms with Crippen molar-refractivity contribution in [3.05, 3.63) is 59.7 Å². The van der Waals surface area contributed by atoms with E-state index in [0.717, 1.165) is 31.6 Å². The molecule has 0 aliphatic carbocycles. The van der Waals surface area contributed by atoms with E-state index in [2.05, 4.69) is 10.6 Å². The minimum atomic E-state index is -0.123. The van der Waals surface area contributed by atoms with Gasteiger partial charge in [-0.1, -0.05) is 30.5 Å². The van der Waals surface area contributed by atoms with E-state index < -0.39 is 0 Å². The summed E-state index contributed by atoms with van der Waals surface area (Å²) in [7, 11) is 0. The summed E-state index contributed by atoms with van der Waals surface area (Å²) in [4.78, 5) is 26.6. The minimum absolute atomic E-state index is 0.0795. The number of likely N-dealkylation sites (tertiary alicyclic amines) is 1. The molecule has 2 N–H and O–H groups in total. The molecule has 2 aromatic carbocycles. The molecule has 1 aliphatic heterocycles. The average Bonchev–Trinajstić information content (AvgIpc) is 2.97. The van der Waals surface area contributed by atoms with Crippen molar-refractivity contribution in [2.75, 3.05) is 30.3 Å². The monoisotopic (exact) mass is 365 g/mol. The van der Waals surface area contributed by atoms with Crippen molar-refractivity contribution in [3.8, 4) is 0 Å². The van der Waals surface area contributed by atoms with Crippen molar-refractivity contribution in [3.63, 3.8) is 0 Å². The molecule has 0 radical (unpaired) electrons. The van der Waals surface area contributed by atoms with Gasteiger partial charge in [0.25, 0.3) is 5.91 Å². The second kappa shape index (κ2) is 9.21. The molecule has 0 spiro atoms. The number of aryl methyl sites for hydroxylation is 1. The quantitative estimate of drug-likeness (QED) is 0.840. The number of hydrogen-bond donors (Lipinski definition) is 2. The van der Waals surface area contributed by atoms with Crippen molar-refractivity contribution in [2.45, 2.75) is 32.6 Å². The standard InChI is InChI=1S/C22H27N3O2/c1-17-6-10-19(11-7-17)23-16-21(26)24-20-12-8-18(9-13-20)22(27)25-14-4-2-3-5-15-25/h6-13,23H,2-5,14-16H2,1H3,(H,24,26). The fourth-order valence-electron chi connectivity index (χ4n) is 3.21. The average molecular weight is 365 g/mol. The van der Waals surface area contributed by atoms with Crippen LogP contribution in [0.25, 0.3) is 0 Å². The lowest BCUT2D eigenvalue weighted by atomic mass is 10.1. The fourth-order valence-corrected chi connectivity index (χ4v) is 3.21. The molecule has 0 unspecified atom stereocenters. The van der Waals surface area contributed by atoms with Gasteiger partial charge in [0.05, 0.1) is 6.54 Å². The third-order valence-electron chi connectivity index (χ3n) is 4.81. The SMILES string of the molecule is Cc1ccc(NCC(=O)Nc2ccc(C(=O)N3CCCCCC3)cc2)cc1. The molecule has 27 heavy (non-hydrogen) atoms. The third kappa shape index (κ3) is 5.58. The van der Waals surface area contributed by atoms with Gasteiger partial charge in [-0.15, -0.1) is 0 Å². The van der Waals surface area contributed by atoms with E-state index in [9.17, 15) is 9.59 Å². The number of nitrogens with zero attached hydrogens (tertiary/aromatic N) is 1. The summed E-state index contributed by atoms with van der Waals surface area (Å²) < 4.78 is 0. The van der Waals surface area contributed by atoms with Crippen LogP contribution in [-0.4, -0.2) is 36.3 Å². The van der Waals surface area contributed by atoms with Crippen molar-refractivity contribution in [1.82, 2.24) is 4.90 Å². The predicted octanol–water partition coefficient (Wildman–Crippen LogP) is 4.06. The Bertz CT molecular complexity index is 761. The highest BCUT2D eigenvalue weighted by Gasteiger charge is 2.17. The zero-order valence-corrected chi connectivity index (χ0v) is 15.8. The van der Waals surface area contributed by atoms with Gasteiger partial charge in [0.15, 0.2) is 0 Å². The molecular weight excluding hydrogens is 338 g/mol. The van der Waals surface area contributed by atoms with E-state index in [4.69, 9.17) is 0 Å². The number of carbonyl (C=O) groups is 2. The highest BCUT2D eigenvalue weighted by Crippen LogP contribution is 2.16. The van der Waals surface area contributed by atoms with Gasteiger partial charge >= 0.3 is 0 Å². The first-order chi connectivity index (χ1) is 13.1. The Morgan fingerprint density at radius 3 is 2.07 bits per heavy atom. The molecule has 1 heterocycles. The van der Waals surface area contributed by atoms with E-state index in [-0.39, 0.29) is 18.4 Å². The Morgan fingerprint density at radius 2 is 1.44 bits per heavy atom. The molecule has 0 atom stereocenters. The third-order valence-corrected chi connectivity index (χ3v) is 4.81. The lowest BCUT2D eigenvalue weighted by Crippen LogP contribution is -2.31. The summed E-state index contributed by atoms with van der Waals surface area (Å²) in [5.41, 5.74) is 3.46. The Kier molecular flexibility index (Phi) is 6.47. The van der Waals surface area contributed by atoms with Gasteiger partial charge in [-0.25, -0.2) is 0 Å². The van der Waals surface area contributed by atoms with Crippen molar-refractivity contribution >= 4 is 23.2 Å². The molecule has 0 aromatic heterocycles. The first kappa shape index (κ1) is 19.0. The first-order valence-corrected chi connectivity index (χ1v) is 9.61. The van der Waals surface area contributed by atoms with E-state index in [1.54, 1.807) is 24.3 Å². The Balaban J connectivity index is 1.51. The van der Waals surface area contributed by atoms with Crippen LogP contribution in [0.3, 0.4) is 0 Å². The lowest BCUT2D eigenvalue weighted by Gasteiger charge is -2.20. The lowest BCUT2D eigenvalue weighted by molar-refractivity contribution is -0.114. The van der Waals surface area contributed by atoms with Gasteiger partial charge in [0, 0.05) is 30.0 Å². The van der Waals surface area contributed by atoms with Crippen molar-refractivity contribution in [1.29, 1.82) is 0 Å². The first-order valence-electron chi connectivity index (χ1n) is 9.61. The number of carbonyl (C=O) groups excluding carboxylic acids is 2. The van der Waals surface area contributed by atoms with E-state index >= 15 is 0 Å². The number of amides is 2. The van der Waals surface area contributed by atoms with Gasteiger partial charge in [-0.3, -0.25) is 9.59 Å². The molecule has 1 saturated heterocycles. The molecule has 0 saturated carbocycles. The molecule has 0 bridgehead atoms. The van der Waals surface area contributed by atoms with Gasteiger partial charge in [-0.2, -0.15) is 0 Å². The molecule has 5 nitrogen and oxygen atoms in total. The molecule has 2 amide bonds. The molecule has 1 fully saturated rings. The molecular formula is C22H27N3O2. The van der Waals surface area contributed by atoms with Gasteiger partial charge in [-0.05, 0) is 56.2 Å². The summed E-state index contributed by atoms with van der Waals surface area (Å²) in [6.07, 6.45) is 4.55. The molecule has 5 heteroatoms. The fraction of sp³-hybridized carbons (Fsp3) is 0.364. The Morgan fingerprint density at radius 1 is 0.852 bits per heavy atom. The molecule has 2 aromatic rings. The van der Waals surface area contributed by atoms with E-state index in [0.29, 0.717) is 11.3 Å². The van der Waals surface area contributed by atoms with Crippen LogP contribution in [0.2, 0.25) is 0 Å². The number of anilines is 2. The predicted molar refractivity (Wildman–Crippen MR) is 109 cm³/mol. The zero-order chi connectivity index (χ0) is 19.1. The maximum atomic E-state index is 12.6.